The van der Waals surface area contributed by atoms with Crippen LogP contribution in [-0.4, -0.2) is 35.0 Å². The Morgan fingerprint density at radius 1 is 1.18 bits per heavy atom. The Morgan fingerprint density at radius 3 is 2.73 bits per heavy atom. The van der Waals surface area contributed by atoms with Gasteiger partial charge in [-0.25, -0.2) is 0 Å². The molecule has 2 aromatic rings. The number of amides is 1. The first-order valence-corrected chi connectivity index (χ1v) is 7.69. The lowest BCUT2D eigenvalue weighted by atomic mass is 10.1. The molecule has 1 aromatic heterocycles. The van der Waals surface area contributed by atoms with Crippen molar-refractivity contribution in [3.63, 3.8) is 0 Å². The first-order valence-electron chi connectivity index (χ1n) is 7.69. The fraction of sp³-hybridized carbons (Fsp3) is 0.333. The molecule has 1 aromatic carbocycles. The third-order valence-electron chi connectivity index (χ3n) is 3.88. The molecule has 1 fully saturated rings. The van der Waals surface area contributed by atoms with Crippen molar-refractivity contribution in [1.82, 2.24) is 9.88 Å². The standard InChI is InChI=1S/C18H20N2O2/c21-18(13-15-5-2-1-3-6-15)20-12-4-7-17(14-20)22-16-8-10-19-11-9-16/h1-3,5-6,8-11,17H,4,7,12-14H2/t17-/m0/s1. The lowest BCUT2D eigenvalue weighted by Gasteiger charge is -2.33. The molecule has 1 aliphatic heterocycles. The summed E-state index contributed by atoms with van der Waals surface area (Å²) in [7, 11) is 0. The molecular weight excluding hydrogens is 276 g/mol. The minimum absolute atomic E-state index is 0.0656. The Bertz CT molecular complexity index is 601. The molecule has 0 N–H and O–H groups in total. The SMILES string of the molecule is O=C(Cc1ccccc1)N1CCC[C@H](Oc2ccncc2)C1. The minimum atomic E-state index is 0.0656. The van der Waals surface area contributed by atoms with E-state index in [9.17, 15) is 4.79 Å². The highest BCUT2D eigenvalue weighted by Crippen LogP contribution is 2.18. The van der Waals surface area contributed by atoms with Gasteiger partial charge in [-0.15, -0.1) is 0 Å². The van der Waals surface area contributed by atoms with E-state index in [1.807, 2.05) is 47.4 Å². The summed E-state index contributed by atoms with van der Waals surface area (Å²) in [6.45, 7) is 1.48. The molecule has 2 heterocycles. The Kier molecular flexibility index (Phi) is 4.68. The van der Waals surface area contributed by atoms with Crippen molar-refractivity contribution in [3.05, 3.63) is 60.4 Å². The maximum atomic E-state index is 12.4. The highest BCUT2D eigenvalue weighted by molar-refractivity contribution is 5.78. The topological polar surface area (TPSA) is 42.4 Å². The normalized spacial score (nSPS) is 18.0. The van der Waals surface area contributed by atoms with Gasteiger partial charge in [0.15, 0.2) is 0 Å². The summed E-state index contributed by atoms with van der Waals surface area (Å²) in [5.74, 6) is 0.992. The van der Waals surface area contributed by atoms with Crippen LogP contribution in [0.15, 0.2) is 54.9 Å². The van der Waals surface area contributed by atoms with Gasteiger partial charge >= 0.3 is 0 Å². The van der Waals surface area contributed by atoms with Crippen LogP contribution in [0.4, 0.5) is 0 Å². The molecular formula is C18H20N2O2. The van der Waals surface area contributed by atoms with Crippen LogP contribution < -0.4 is 4.74 Å². The number of hydrogen-bond donors (Lipinski definition) is 0. The van der Waals surface area contributed by atoms with E-state index < -0.39 is 0 Å². The molecule has 1 aliphatic rings. The Morgan fingerprint density at radius 2 is 1.95 bits per heavy atom. The van der Waals surface area contributed by atoms with Gasteiger partial charge in [0.05, 0.1) is 13.0 Å². The smallest absolute Gasteiger partial charge is 0.227 e. The van der Waals surface area contributed by atoms with Crippen LogP contribution in [0, 0.1) is 0 Å². The Hall–Kier alpha value is -2.36. The number of likely N-dealkylation sites (tertiary alicyclic amines) is 1. The van der Waals surface area contributed by atoms with Crippen molar-refractivity contribution >= 4 is 5.91 Å². The highest BCUT2D eigenvalue weighted by atomic mass is 16.5. The number of rotatable bonds is 4. The van der Waals surface area contributed by atoms with Crippen molar-refractivity contribution in [2.75, 3.05) is 13.1 Å². The van der Waals surface area contributed by atoms with Crippen LogP contribution >= 0.6 is 0 Å². The Balaban J connectivity index is 1.57. The lowest BCUT2D eigenvalue weighted by Crippen LogP contribution is -2.45. The van der Waals surface area contributed by atoms with Gasteiger partial charge in [-0.3, -0.25) is 9.78 Å². The van der Waals surface area contributed by atoms with Crippen LogP contribution in [-0.2, 0) is 11.2 Å². The number of carbonyl (C=O) groups excluding carboxylic acids is 1. The van der Waals surface area contributed by atoms with E-state index >= 15 is 0 Å². The molecule has 1 amide bonds. The van der Waals surface area contributed by atoms with Crippen molar-refractivity contribution in [2.24, 2.45) is 0 Å². The monoisotopic (exact) mass is 296 g/mol. The van der Waals surface area contributed by atoms with Crippen LogP contribution in [0.5, 0.6) is 5.75 Å². The zero-order valence-electron chi connectivity index (χ0n) is 12.5. The molecule has 114 valence electrons. The van der Waals surface area contributed by atoms with Crippen molar-refractivity contribution in [1.29, 1.82) is 0 Å². The van der Waals surface area contributed by atoms with Crippen LogP contribution in [0.1, 0.15) is 18.4 Å². The average Bonchev–Trinajstić information content (AvgIpc) is 2.57. The summed E-state index contributed by atoms with van der Waals surface area (Å²) in [4.78, 5) is 18.3. The highest BCUT2D eigenvalue weighted by Gasteiger charge is 2.24. The first-order chi connectivity index (χ1) is 10.8. The molecule has 4 heteroatoms. The predicted octanol–water partition coefficient (Wildman–Crippen LogP) is 2.69. The quantitative estimate of drug-likeness (QED) is 0.871. The van der Waals surface area contributed by atoms with Crippen molar-refractivity contribution in [3.8, 4) is 5.75 Å². The van der Waals surface area contributed by atoms with Gasteiger partial charge in [-0.1, -0.05) is 30.3 Å². The van der Waals surface area contributed by atoms with Crippen LogP contribution in [0.2, 0.25) is 0 Å². The summed E-state index contributed by atoms with van der Waals surface area (Å²) in [5.41, 5.74) is 1.06. The van der Waals surface area contributed by atoms with Gasteiger partial charge < -0.3 is 9.64 Å². The number of pyridine rings is 1. The van der Waals surface area contributed by atoms with Crippen molar-refractivity contribution in [2.45, 2.75) is 25.4 Å². The molecule has 22 heavy (non-hydrogen) atoms. The van der Waals surface area contributed by atoms with Crippen LogP contribution in [0.25, 0.3) is 0 Å². The van der Waals surface area contributed by atoms with E-state index in [4.69, 9.17) is 4.74 Å². The second kappa shape index (κ2) is 7.07. The lowest BCUT2D eigenvalue weighted by molar-refractivity contribution is -0.133. The summed E-state index contributed by atoms with van der Waals surface area (Å²) in [5, 5.41) is 0. The van der Waals surface area contributed by atoms with E-state index in [0.29, 0.717) is 13.0 Å². The summed E-state index contributed by atoms with van der Waals surface area (Å²) in [6.07, 6.45) is 5.93. The predicted molar refractivity (Wildman–Crippen MR) is 84.6 cm³/mol. The van der Waals surface area contributed by atoms with E-state index in [1.54, 1.807) is 12.4 Å². The molecule has 0 saturated carbocycles. The zero-order chi connectivity index (χ0) is 15.2. The average molecular weight is 296 g/mol. The second-order valence-electron chi connectivity index (χ2n) is 5.57. The maximum Gasteiger partial charge on any atom is 0.227 e. The van der Waals surface area contributed by atoms with Gasteiger partial charge in [0.25, 0.3) is 0 Å². The third kappa shape index (κ3) is 3.85. The van der Waals surface area contributed by atoms with E-state index in [0.717, 1.165) is 30.7 Å². The number of piperidine rings is 1. The number of carbonyl (C=O) groups is 1. The van der Waals surface area contributed by atoms with Gasteiger partial charge in [-0.05, 0) is 30.5 Å². The molecule has 1 saturated heterocycles. The molecule has 3 rings (SSSR count). The zero-order valence-corrected chi connectivity index (χ0v) is 12.5. The molecule has 0 aliphatic carbocycles. The number of ether oxygens (including phenoxy) is 1. The van der Waals surface area contributed by atoms with Crippen LogP contribution in [0.3, 0.4) is 0 Å². The summed E-state index contributed by atoms with van der Waals surface area (Å²) in [6, 6.07) is 13.6. The fourth-order valence-corrected chi connectivity index (χ4v) is 2.75. The molecule has 0 radical (unpaired) electrons. The number of hydrogen-bond acceptors (Lipinski definition) is 3. The third-order valence-corrected chi connectivity index (χ3v) is 3.88. The van der Waals surface area contributed by atoms with Gasteiger partial charge in [-0.2, -0.15) is 0 Å². The van der Waals surface area contributed by atoms with Gasteiger partial charge in [0, 0.05) is 18.9 Å². The largest absolute Gasteiger partial charge is 0.488 e. The fourth-order valence-electron chi connectivity index (χ4n) is 2.75. The first kappa shape index (κ1) is 14.6. The number of benzene rings is 1. The summed E-state index contributed by atoms with van der Waals surface area (Å²) >= 11 is 0. The Labute approximate surface area is 130 Å². The van der Waals surface area contributed by atoms with E-state index in [1.165, 1.54) is 0 Å². The van der Waals surface area contributed by atoms with E-state index in [2.05, 4.69) is 4.98 Å². The second-order valence-corrected chi connectivity index (χ2v) is 5.57. The molecule has 0 spiro atoms. The van der Waals surface area contributed by atoms with E-state index in [-0.39, 0.29) is 12.0 Å². The molecule has 4 nitrogen and oxygen atoms in total. The van der Waals surface area contributed by atoms with Crippen molar-refractivity contribution < 1.29 is 9.53 Å². The molecule has 0 unspecified atom stereocenters. The molecule has 1 atom stereocenters. The van der Waals surface area contributed by atoms with Gasteiger partial charge in [0.2, 0.25) is 5.91 Å². The number of aromatic nitrogens is 1. The van der Waals surface area contributed by atoms with Gasteiger partial charge in [0.1, 0.15) is 11.9 Å². The maximum absolute atomic E-state index is 12.4. The minimum Gasteiger partial charge on any atom is -0.488 e. The number of nitrogens with zero attached hydrogens (tertiary/aromatic N) is 2. The molecule has 0 bridgehead atoms. The summed E-state index contributed by atoms with van der Waals surface area (Å²) < 4.78 is 5.95.